The van der Waals surface area contributed by atoms with E-state index in [-0.39, 0.29) is 11.4 Å². The zero-order chi connectivity index (χ0) is 15.6. The van der Waals surface area contributed by atoms with Gasteiger partial charge in [-0.05, 0) is 58.6 Å². The van der Waals surface area contributed by atoms with Crippen LogP contribution in [-0.4, -0.2) is 8.42 Å². The van der Waals surface area contributed by atoms with Gasteiger partial charge in [-0.3, -0.25) is 0 Å². The lowest BCUT2D eigenvalue weighted by Gasteiger charge is -2.11. The summed E-state index contributed by atoms with van der Waals surface area (Å²) in [5.41, 5.74) is 2.99. The van der Waals surface area contributed by atoms with Crippen molar-refractivity contribution in [2.75, 3.05) is 0 Å². The lowest BCUT2D eigenvalue weighted by atomic mass is 10.1. The Morgan fingerprint density at radius 2 is 1.67 bits per heavy atom. The first-order chi connectivity index (χ1) is 9.81. The van der Waals surface area contributed by atoms with Gasteiger partial charge in [-0.25, -0.2) is 13.1 Å². The standard InChI is InChI=1S/C15H15Br2NO2S/c1-10-5-3-4-6-12(10)9-18-21(19,20)15-8-13(16)11(2)7-14(15)17/h3-8,18H,9H2,1-2H3. The molecule has 0 aliphatic rings. The number of rotatable bonds is 4. The first-order valence-electron chi connectivity index (χ1n) is 6.31. The van der Waals surface area contributed by atoms with Crippen LogP contribution in [0.2, 0.25) is 0 Å². The fraction of sp³-hybridized carbons (Fsp3) is 0.200. The molecule has 6 heteroatoms. The minimum Gasteiger partial charge on any atom is -0.207 e. The largest absolute Gasteiger partial charge is 0.242 e. The van der Waals surface area contributed by atoms with Crippen molar-refractivity contribution in [1.82, 2.24) is 4.72 Å². The van der Waals surface area contributed by atoms with E-state index in [4.69, 9.17) is 0 Å². The molecule has 0 atom stereocenters. The van der Waals surface area contributed by atoms with Gasteiger partial charge in [0.1, 0.15) is 0 Å². The second kappa shape index (κ2) is 6.60. The third-order valence-electron chi connectivity index (χ3n) is 3.22. The second-order valence-electron chi connectivity index (χ2n) is 4.78. The Hall–Kier alpha value is -0.690. The Morgan fingerprint density at radius 3 is 2.33 bits per heavy atom. The van der Waals surface area contributed by atoms with E-state index in [0.29, 0.717) is 4.47 Å². The average molecular weight is 433 g/mol. The number of nitrogens with one attached hydrogen (secondary N) is 1. The van der Waals surface area contributed by atoms with Crippen LogP contribution < -0.4 is 4.72 Å². The lowest BCUT2D eigenvalue weighted by molar-refractivity contribution is 0.580. The van der Waals surface area contributed by atoms with Gasteiger partial charge in [0, 0.05) is 15.5 Å². The van der Waals surface area contributed by atoms with Crippen molar-refractivity contribution >= 4 is 41.9 Å². The van der Waals surface area contributed by atoms with Crippen LogP contribution in [0.1, 0.15) is 16.7 Å². The van der Waals surface area contributed by atoms with Gasteiger partial charge in [-0.2, -0.15) is 0 Å². The molecular weight excluding hydrogens is 418 g/mol. The van der Waals surface area contributed by atoms with Crippen molar-refractivity contribution < 1.29 is 8.42 Å². The molecule has 0 bridgehead atoms. The van der Waals surface area contributed by atoms with Gasteiger partial charge in [0.2, 0.25) is 10.0 Å². The maximum absolute atomic E-state index is 12.4. The van der Waals surface area contributed by atoms with E-state index in [1.165, 1.54) is 0 Å². The molecule has 0 amide bonds. The van der Waals surface area contributed by atoms with Gasteiger partial charge in [0.15, 0.2) is 0 Å². The average Bonchev–Trinajstić information content (AvgIpc) is 2.42. The Labute approximate surface area is 142 Å². The Kier molecular flexibility index (Phi) is 5.24. The van der Waals surface area contributed by atoms with E-state index in [1.807, 2.05) is 38.1 Å². The summed E-state index contributed by atoms with van der Waals surface area (Å²) in [4.78, 5) is 0.230. The summed E-state index contributed by atoms with van der Waals surface area (Å²) in [6.45, 7) is 4.14. The molecule has 0 radical (unpaired) electrons. The molecule has 21 heavy (non-hydrogen) atoms. The molecule has 3 nitrogen and oxygen atoms in total. The minimum absolute atomic E-state index is 0.230. The first-order valence-corrected chi connectivity index (χ1v) is 9.38. The Balaban J connectivity index is 2.27. The summed E-state index contributed by atoms with van der Waals surface area (Å²) in [6, 6.07) is 11.1. The fourth-order valence-corrected chi connectivity index (χ4v) is 4.57. The zero-order valence-corrected chi connectivity index (χ0v) is 15.6. The van der Waals surface area contributed by atoms with E-state index in [0.717, 1.165) is 21.2 Å². The quantitative estimate of drug-likeness (QED) is 0.782. The molecule has 2 aromatic rings. The number of aryl methyl sites for hydroxylation is 2. The maximum atomic E-state index is 12.4. The molecule has 0 fully saturated rings. The Morgan fingerprint density at radius 1 is 1.00 bits per heavy atom. The molecule has 0 aromatic heterocycles. The lowest BCUT2D eigenvalue weighted by Crippen LogP contribution is -2.24. The molecule has 0 aliphatic carbocycles. The summed E-state index contributed by atoms with van der Waals surface area (Å²) < 4.78 is 28.8. The van der Waals surface area contributed by atoms with E-state index < -0.39 is 10.0 Å². The predicted octanol–water partition coefficient (Wildman–Crippen LogP) is 4.31. The molecule has 0 saturated heterocycles. The van der Waals surface area contributed by atoms with Crippen LogP contribution in [0.15, 0.2) is 50.2 Å². The zero-order valence-electron chi connectivity index (χ0n) is 11.7. The third kappa shape index (κ3) is 3.94. The van der Waals surface area contributed by atoms with Crippen LogP contribution in [0, 0.1) is 13.8 Å². The van der Waals surface area contributed by atoms with Gasteiger partial charge < -0.3 is 0 Å². The smallest absolute Gasteiger partial charge is 0.207 e. The van der Waals surface area contributed by atoms with Crippen molar-refractivity contribution in [2.45, 2.75) is 25.3 Å². The minimum atomic E-state index is -3.57. The highest BCUT2D eigenvalue weighted by Crippen LogP contribution is 2.28. The highest BCUT2D eigenvalue weighted by Gasteiger charge is 2.19. The molecule has 0 spiro atoms. The van der Waals surface area contributed by atoms with Crippen molar-refractivity contribution in [3.63, 3.8) is 0 Å². The van der Waals surface area contributed by atoms with Crippen molar-refractivity contribution in [1.29, 1.82) is 0 Å². The fourth-order valence-electron chi connectivity index (χ4n) is 1.89. The van der Waals surface area contributed by atoms with E-state index in [9.17, 15) is 8.42 Å². The summed E-state index contributed by atoms with van der Waals surface area (Å²) in [5, 5.41) is 0. The summed E-state index contributed by atoms with van der Waals surface area (Å²) in [5.74, 6) is 0. The van der Waals surface area contributed by atoms with Crippen molar-refractivity contribution in [3.8, 4) is 0 Å². The van der Waals surface area contributed by atoms with Crippen molar-refractivity contribution in [3.05, 3.63) is 62.0 Å². The van der Waals surface area contributed by atoms with E-state index in [2.05, 4.69) is 36.6 Å². The predicted molar refractivity (Wildman–Crippen MR) is 91.8 cm³/mol. The number of hydrogen-bond donors (Lipinski definition) is 1. The van der Waals surface area contributed by atoms with Crippen LogP contribution in [0.3, 0.4) is 0 Å². The van der Waals surface area contributed by atoms with Crippen LogP contribution >= 0.6 is 31.9 Å². The van der Waals surface area contributed by atoms with Gasteiger partial charge >= 0.3 is 0 Å². The first kappa shape index (κ1) is 16.7. The monoisotopic (exact) mass is 431 g/mol. The Bertz CT molecular complexity index is 773. The summed E-state index contributed by atoms with van der Waals surface area (Å²) in [6.07, 6.45) is 0. The molecule has 0 heterocycles. The van der Waals surface area contributed by atoms with E-state index >= 15 is 0 Å². The molecule has 0 unspecified atom stereocenters. The highest BCUT2D eigenvalue weighted by molar-refractivity contribution is 9.11. The topological polar surface area (TPSA) is 46.2 Å². The molecule has 1 N–H and O–H groups in total. The van der Waals surface area contributed by atoms with Crippen LogP contribution in [0.4, 0.5) is 0 Å². The third-order valence-corrected chi connectivity index (χ3v) is 6.43. The second-order valence-corrected chi connectivity index (χ2v) is 8.23. The normalized spacial score (nSPS) is 11.6. The van der Waals surface area contributed by atoms with E-state index in [1.54, 1.807) is 12.1 Å². The molecule has 0 aliphatic heterocycles. The maximum Gasteiger partial charge on any atom is 0.242 e. The van der Waals surface area contributed by atoms with Crippen LogP contribution in [0.5, 0.6) is 0 Å². The SMILES string of the molecule is Cc1cc(Br)c(S(=O)(=O)NCc2ccccc2C)cc1Br. The molecule has 0 saturated carbocycles. The van der Waals surface area contributed by atoms with Crippen molar-refractivity contribution in [2.24, 2.45) is 0 Å². The van der Waals surface area contributed by atoms with Crippen LogP contribution in [0.25, 0.3) is 0 Å². The van der Waals surface area contributed by atoms with Crippen LogP contribution in [-0.2, 0) is 16.6 Å². The summed E-state index contributed by atoms with van der Waals surface area (Å²) in [7, 11) is -3.57. The van der Waals surface area contributed by atoms with Gasteiger partial charge in [0.05, 0.1) is 4.90 Å². The summed E-state index contributed by atoms with van der Waals surface area (Å²) >= 11 is 6.69. The number of halogens is 2. The highest BCUT2D eigenvalue weighted by atomic mass is 79.9. The molecule has 2 aromatic carbocycles. The number of benzene rings is 2. The number of hydrogen-bond acceptors (Lipinski definition) is 2. The van der Waals surface area contributed by atoms with Gasteiger partial charge in [-0.1, -0.05) is 40.2 Å². The molecule has 112 valence electrons. The molecular formula is C15H15Br2NO2S. The number of sulfonamides is 1. The molecule has 2 rings (SSSR count). The van der Waals surface area contributed by atoms with Gasteiger partial charge in [-0.15, -0.1) is 0 Å². The van der Waals surface area contributed by atoms with Gasteiger partial charge in [0.25, 0.3) is 0 Å².